The topological polar surface area (TPSA) is 26.0 Å². The van der Waals surface area contributed by atoms with Crippen molar-refractivity contribution in [2.24, 2.45) is 17.6 Å². The molecule has 88 valence electrons. The lowest BCUT2D eigenvalue weighted by atomic mass is 9.76. The summed E-state index contributed by atoms with van der Waals surface area (Å²) in [5.74, 6) is 1.54. The molecule has 0 radical (unpaired) electrons. The Morgan fingerprint density at radius 1 is 1.25 bits per heavy atom. The number of hydrogen-bond acceptors (Lipinski definition) is 1. The maximum Gasteiger partial charge on any atom is 0.0326 e. The molecule has 0 aliphatic heterocycles. The molecule has 1 heteroatoms. The van der Waals surface area contributed by atoms with E-state index in [1.807, 2.05) is 0 Å². The molecule has 1 nitrogen and oxygen atoms in total. The lowest BCUT2D eigenvalue weighted by molar-refractivity contribution is 0.247. The molecule has 0 spiro atoms. The molecule has 1 fully saturated rings. The van der Waals surface area contributed by atoms with Crippen molar-refractivity contribution >= 4 is 0 Å². The van der Waals surface area contributed by atoms with Crippen molar-refractivity contribution in [3.63, 3.8) is 0 Å². The second kappa shape index (κ2) is 5.01. The van der Waals surface area contributed by atoms with Crippen LogP contribution in [-0.2, 0) is 0 Å². The second-order valence-corrected chi connectivity index (χ2v) is 5.41. The maximum atomic E-state index is 6.43. The van der Waals surface area contributed by atoms with Crippen molar-refractivity contribution < 1.29 is 0 Å². The van der Waals surface area contributed by atoms with E-state index >= 15 is 0 Å². The van der Waals surface area contributed by atoms with E-state index in [1.54, 1.807) is 0 Å². The predicted molar refractivity (Wildman–Crippen MR) is 69.2 cm³/mol. The Kier molecular flexibility index (Phi) is 3.65. The van der Waals surface area contributed by atoms with Gasteiger partial charge in [0.2, 0.25) is 0 Å². The Morgan fingerprint density at radius 2 is 2.00 bits per heavy atom. The summed E-state index contributed by atoms with van der Waals surface area (Å²) >= 11 is 0. The van der Waals surface area contributed by atoms with Gasteiger partial charge in [0.25, 0.3) is 0 Å². The highest BCUT2D eigenvalue weighted by molar-refractivity contribution is 5.29. The van der Waals surface area contributed by atoms with E-state index in [9.17, 15) is 0 Å². The minimum atomic E-state index is 0.240. The average molecular weight is 217 g/mol. The zero-order valence-electron chi connectivity index (χ0n) is 10.4. The molecule has 1 aliphatic rings. The van der Waals surface area contributed by atoms with E-state index in [4.69, 9.17) is 5.73 Å². The highest BCUT2D eigenvalue weighted by Crippen LogP contribution is 2.36. The van der Waals surface area contributed by atoms with Crippen molar-refractivity contribution in [3.8, 4) is 0 Å². The Balaban J connectivity index is 2.12. The number of hydrogen-bond donors (Lipinski definition) is 1. The SMILES string of the molecule is Cc1ccccc1[C@@H](N)[C@@H]1CCC[C@H](C)C1. The van der Waals surface area contributed by atoms with Crippen LogP contribution in [0, 0.1) is 18.8 Å². The van der Waals surface area contributed by atoms with Gasteiger partial charge in [-0.15, -0.1) is 0 Å². The van der Waals surface area contributed by atoms with E-state index < -0.39 is 0 Å². The molecule has 0 heterocycles. The van der Waals surface area contributed by atoms with Crippen LogP contribution in [0.2, 0.25) is 0 Å². The lowest BCUT2D eigenvalue weighted by Gasteiger charge is -2.32. The number of rotatable bonds is 2. The normalized spacial score (nSPS) is 27.7. The van der Waals surface area contributed by atoms with E-state index in [0.29, 0.717) is 5.92 Å². The van der Waals surface area contributed by atoms with Crippen LogP contribution in [0.15, 0.2) is 24.3 Å². The van der Waals surface area contributed by atoms with Crippen molar-refractivity contribution in [1.82, 2.24) is 0 Å². The summed E-state index contributed by atoms with van der Waals surface area (Å²) < 4.78 is 0. The third kappa shape index (κ3) is 2.46. The van der Waals surface area contributed by atoms with Gasteiger partial charge in [0.05, 0.1) is 0 Å². The Hall–Kier alpha value is -0.820. The molecule has 0 saturated heterocycles. The maximum absolute atomic E-state index is 6.43. The minimum Gasteiger partial charge on any atom is -0.324 e. The van der Waals surface area contributed by atoms with Crippen LogP contribution in [0.1, 0.15) is 49.8 Å². The Labute approximate surface area is 99.0 Å². The molecular weight excluding hydrogens is 194 g/mol. The van der Waals surface area contributed by atoms with Gasteiger partial charge in [0.1, 0.15) is 0 Å². The quantitative estimate of drug-likeness (QED) is 0.800. The molecule has 0 amide bonds. The van der Waals surface area contributed by atoms with Gasteiger partial charge in [0, 0.05) is 6.04 Å². The molecule has 2 N–H and O–H groups in total. The molecule has 1 aliphatic carbocycles. The summed E-state index contributed by atoms with van der Waals surface area (Å²) in [4.78, 5) is 0. The van der Waals surface area contributed by atoms with E-state index in [1.165, 1.54) is 36.8 Å². The Morgan fingerprint density at radius 3 is 2.69 bits per heavy atom. The molecule has 1 aromatic rings. The highest BCUT2D eigenvalue weighted by atomic mass is 14.7. The van der Waals surface area contributed by atoms with Gasteiger partial charge in [-0.1, -0.05) is 44.0 Å². The molecule has 3 atom stereocenters. The predicted octanol–water partition coefficient (Wildman–Crippen LogP) is 3.82. The molecule has 0 bridgehead atoms. The fourth-order valence-corrected chi connectivity index (χ4v) is 3.02. The van der Waals surface area contributed by atoms with Crippen LogP contribution in [0.25, 0.3) is 0 Å². The molecule has 0 aromatic heterocycles. The smallest absolute Gasteiger partial charge is 0.0326 e. The molecule has 1 saturated carbocycles. The molecule has 2 rings (SSSR count). The summed E-state index contributed by atoms with van der Waals surface area (Å²) in [6.07, 6.45) is 5.34. The van der Waals surface area contributed by atoms with Crippen LogP contribution in [0.3, 0.4) is 0 Å². The lowest BCUT2D eigenvalue weighted by Crippen LogP contribution is -2.26. The van der Waals surface area contributed by atoms with Crippen LogP contribution >= 0.6 is 0 Å². The molecule has 0 unspecified atom stereocenters. The summed E-state index contributed by atoms with van der Waals surface area (Å²) in [6, 6.07) is 8.80. The summed E-state index contributed by atoms with van der Waals surface area (Å²) in [5.41, 5.74) is 9.12. The first-order valence-corrected chi connectivity index (χ1v) is 6.49. The van der Waals surface area contributed by atoms with Crippen molar-refractivity contribution in [2.75, 3.05) is 0 Å². The van der Waals surface area contributed by atoms with Crippen molar-refractivity contribution in [3.05, 3.63) is 35.4 Å². The monoisotopic (exact) mass is 217 g/mol. The van der Waals surface area contributed by atoms with Gasteiger partial charge < -0.3 is 5.73 Å². The van der Waals surface area contributed by atoms with Crippen molar-refractivity contribution in [1.29, 1.82) is 0 Å². The van der Waals surface area contributed by atoms with Gasteiger partial charge in [0.15, 0.2) is 0 Å². The largest absolute Gasteiger partial charge is 0.324 e. The molecular formula is C15H23N. The first-order chi connectivity index (χ1) is 7.68. The summed E-state index contributed by atoms with van der Waals surface area (Å²) in [6.45, 7) is 4.53. The zero-order valence-corrected chi connectivity index (χ0v) is 10.4. The number of nitrogens with two attached hydrogens (primary N) is 1. The average Bonchev–Trinajstić information content (AvgIpc) is 2.29. The zero-order chi connectivity index (χ0) is 11.5. The molecule has 1 aromatic carbocycles. The number of aryl methyl sites for hydroxylation is 1. The molecule has 16 heavy (non-hydrogen) atoms. The van der Waals surface area contributed by atoms with Gasteiger partial charge in [-0.3, -0.25) is 0 Å². The summed E-state index contributed by atoms with van der Waals surface area (Å²) in [5, 5.41) is 0. The summed E-state index contributed by atoms with van der Waals surface area (Å²) in [7, 11) is 0. The van der Waals surface area contributed by atoms with Gasteiger partial charge >= 0.3 is 0 Å². The van der Waals surface area contributed by atoms with Crippen LogP contribution in [0.4, 0.5) is 0 Å². The van der Waals surface area contributed by atoms with Gasteiger partial charge in [-0.25, -0.2) is 0 Å². The minimum absolute atomic E-state index is 0.240. The standard InChI is InChI=1S/C15H23N/c1-11-6-5-8-13(10-11)15(16)14-9-4-3-7-12(14)2/h3-4,7,9,11,13,15H,5-6,8,10,16H2,1-2H3/t11-,13+,15-/m0/s1. The van der Waals surface area contributed by atoms with E-state index in [-0.39, 0.29) is 6.04 Å². The van der Waals surface area contributed by atoms with Crippen LogP contribution < -0.4 is 5.73 Å². The third-order valence-corrected chi connectivity index (χ3v) is 4.03. The second-order valence-electron chi connectivity index (χ2n) is 5.41. The first-order valence-electron chi connectivity index (χ1n) is 6.49. The Bertz CT molecular complexity index is 345. The fraction of sp³-hybridized carbons (Fsp3) is 0.600. The van der Waals surface area contributed by atoms with Crippen LogP contribution in [0.5, 0.6) is 0 Å². The van der Waals surface area contributed by atoms with E-state index in [0.717, 1.165) is 5.92 Å². The number of benzene rings is 1. The fourth-order valence-electron chi connectivity index (χ4n) is 3.02. The van der Waals surface area contributed by atoms with Gasteiger partial charge in [-0.2, -0.15) is 0 Å². The third-order valence-electron chi connectivity index (χ3n) is 4.03. The highest BCUT2D eigenvalue weighted by Gasteiger charge is 2.25. The first kappa shape index (κ1) is 11.7. The van der Waals surface area contributed by atoms with E-state index in [2.05, 4.69) is 38.1 Å². The van der Waals surface area contributed by atoms with Crippen molar-refractivity contribution in [2.45, 2.75) is 45.6 Å². The van der Waals surface area contributed by atoms with Gasteiger partial charge in [-0.05, 0) is 42.7 Å². The van der Waals surface area contributed by atoms with Crippen LogP contribution in [-0.4, -0.2) is 0 Å².